The van der Waals surface area contributed by atoms with Gasteiger partial charge in [0, 0.05) is 6.42 Å². The number of hydrogen-bond acceptors (Lipinski definition) is 6. The fraction of sp³-hybridized carbons (Fsp3) is 0.908. The zero-order valence-corrected chi connectivity index (χ0v) is 58.7. The van der Waals surface area contributed by atoms with E-state index in [0.717, 1.165) is 44.9 Å². The predicted molar refractivity (Wildman–Crippen MR) is 372 cm³/mol. The summed E-state index contributed by atoms with van der Waals surface area (Å²) in [6, 6.07) is -0.910. The number of allylic oxidation sites excluding steroid dienone is 5. The van der Waals surface area contributed by atoms with Crippen molar-refractivity contribution in [2.45, 2.75) is 405 Å². The molecular formula is C76H149N2O6P. The molecule has 2 N–H and O–H groups in total. The summed E-state index contributed by atoms with van der Waals surface area (Å²) < 4.78 is 23.5. The first-order valence-electron chi connectivity index (χ1n) is 37.9. The molecule has 0 aliphatic heterocycles. The number of likely N-dealkylation sites (N-methyl/N-ethyl adjacent to an activating group) is 1. The van der Waals surface area contributed by atoms with Crippen molar-refractivity contribution in [1.82, 2.24) is 5.32 Å². The van der Waals surface area contributed by atoms with Gasteiger partial charge in [0.15, 0.2) is 0 Å². The fourth-order valence-corrected chi connectivity index (χ4v) is 12.4. The van der Waals surface area contributed by atoms with Crippen LogP contribution in [0.15, 0.2) is 36.5 Å². The Balaban J connectivity index is 3.99. The maximum absolute atomic E-state index is 13.0. The monoisotopic (exact) mass is 1220 g/mol. The zero-order chi connectivity index (χ0) is 61.9. The Morgan fingerprint density at radius 1 is 0.400 bits per heavy atom. The molecule has 85 heavy (non-hydrogen) atoms. The van der Waals surface area contributed by atoms with Gasteiger partial charge in [-0.2, -0.15) is 0 Å². The van der Waals surface area contributed by atoms with Crippen LogP contribution in [0.1, 0.15) is 393 Å². The maximum Gasteiger partial charge on any atom is 0.268 e. The summed E-state index contributed by atoms with van der Waals surface area (Å²) in [5, 5.41) is 13.9. The quantitative estimate of drug-likeness (QED) is 0.0272. The van der Waals surface area contributed by atoms with E-state index in [0.29, 0.717) is 17.4 Å². The smallest absolute Gasteiger partial charge is 0.268 e. The molecule has 0 aromatic heterocycles. The average Bonchev–Trinajstić information content (AvgIpc) is 3.49. The van der Waals surface area contributed by atoms with Gasteiger partial charge in [-0.05, 0) is 44.9 Å². The number of nitrogens with zero attached hydrogens (tertiary/aromatic N) is 1. The molecule has 0 rings (SSSR count). The number of phosphoric ester groups is 1. The number of phosphoric acid groups is 1. The van der Waals surface area contributed by atoms with Gasteiger partial charge in [-0.3, -0.25) is 9.36 Å². The highest BCUT2D eigenvalue weighted by atomic mass is 31.2. The molecule has 0 spiro atoms. The molecule has 0 fully saturated rings. The molecule has 0 heterocycles. The Morgan fingerprint density at radius 2 is 0.659 bits per heavy atom. The normalized spacial score (nSPS) is 13.7. The van der Waals surface area contributed by atoms with Crippen LogP contribution in [-0.2, 0) is 18.4 Å². The van der Waals surface area contributed by atoms with Crippen molar-refractivity contribution in [3.05, 3.63) is 36.5 Å². The second kappa shape index (κ2) is 67.1. The van der Waals surface area contributed by atoms with Gasteiger partial charge in [0.1, 0.15) is 13.2 Å². The van der Waals surface area contributed by atoms with E-state index in [1.165, 1.54) is 327 Å². The third-order valence-electron chi connectivity index (χ3n) is 17.6. The molecule has 0 aliphatic carbocycles. The lowest BCUT2D eigenvalue weighted by Crippen LogP contribution is -2.45. The van der Waals surface area contributed by atoms with Crippen molar-refractivity contribution >= 4 is 13.7 Å². The molecule has 0 aromatic rings. The third-order valence-corrected chi connectivity index (χ3v) is 18.5. The minimum absolute atomic E-state index is 0.00702. The minimum atomic E-state index is -4.62. The summed E-state index contributed by atoms with van der Waals surface area (Å²) in [4.78, 5) is 25.6. The first kappa shape index (κ1) is 83.7. The molecule has 504 valence electrons. The summed E-state index contributed by atoms with van der Waals surface area (Å²) >= 11 is 0. The molecule has 3 atom stereocenters. The zero-order valence-electron chi connectivity index (χ0n) is 57.8. The second-order valence-corrected chi connectivity index (χ2v) is 28.8. The van der Waals surface area contributed by atoms with Crippen molar-refractivity contribution < 1.29 is 32.9 Å². The highest BCUT2D eigenvalue weighted by Gasteiger charge is 2.23. The molecule has 0 saturated carbocycles. The number of rotatable bonds is 71. The van der Waals surface area contributed by atoms with Gasteiger partial charge in [-0.1, -0.05) is 378 Å². The lowest BCUT2D eigenvalue weighted by atomic mass is 10.0. The Hall–Kier alpha value is -1.28. The van der Waals surface area contributed by atoms with Crippen LogP contribution in [-0.4, -0.2) is 68.5 Å². The Bertz CT molecular complexity index is 1480. The van der Waals surface area contributed by atoms with Crippen LogP contribution >= 0.6 is 7.82 Å². The number of nitrogens with one attached hydrogen (secondary N) is 1. The second-order valence-electron chi connectivity index (χ2n) is 27.4. The van der Waals surface area contributed by atoms with Crippen LogP contribution in [0.25, 0.3) is 0 Å². The molecule has 8 nitrogen and oxygen atoms in total. The standard InChI is InChI=1S/C76H149N2O6P/c1-6-8-10-12-14-16-18-20-22-24-26-28-30-32-34-35-36-37-38-39-40-41-42-43-44-46-48-50-52-54-56-58-60-62-64-66-68-70-76(80)77-74(73-84-85(81,82)83-72-71-78(3,4)5)75(79)69-67-65-63-61-59-57-55-53-51-49-47-45-33-31-29-27-25-23-21-19-17-15-13-11-9-7-2/h51,53,59,61,67,69,74-75,79H,6-50,52,54-58,60,62-66,68,70-73H2,1-5H3,(H-,77,80,81,82)/b53-51+,61-59+,69-67+. The van der Waals surface area contributed by atoms with Crippen molar-refractivity contribution in [3.8, 4) is 0 Å². The summed E-state index contributed by atoms with van der Waals surface area (Å²) in [6.07, 6.45) is 90.3. The number of aliphatic hydroxyl groups excluding tert-OH is 1. The van der Waals surface area contributed by atoms with Gasteiger partial charge < -0.3 is 28.8 Å². The summed E-state index contributed by atoms with van der Waals surface area (Å²) in [7, 11) is 1.25. The van der Waals surface area contributed by atoms with E-state index in [1.54, 1.807) is 6.08 Å². The summed E-state index contributed by atoms with van der Waals surface area (Å²) in [5.41, 5.74) is 0. The van der Waals surface area contributed by atoms with Crippen LogP contribution in [0.3, 0.4) is 0 Å². The number of amides is 1. The maximum atomic E-state index is 13.0. The third kappa shape index (κ3) is 70.0. The lowest BCUT2D eigenvalue weighted by molar-refractivity contribution is -0.870. The number of carbonyl (C=O) groups is 1. The number of unbranched alkanes of at least 4 members (excludes halogenated alkanes) is 54. The van der Waals surface area contributed by atoms with Crippen LogP contribution < -0.4 is 10.2 Å². The van der Waals surface area contributed by atoms with Crippen LogP contribution in [0.2, 0.25) is 0 Å². The molecular weight excluding hydrogens is 1070 g/mol. The largest absolute Gasteiger partial charge is 0.756 e. The van der Waals surface area contributed by atoms with E-state index >= 15 is 0 Å². The molecule has 1 amide bonds. The van der Waals surface area contributed by atoms with Crippen LogP contribution in [0, 0.1) is 0 Å². The van der Waals surface area contributed by atoms with Crippen molar-refractivity contribution in [1.29, 1.82) is 0 Å². The minimum Gasteiger partial charge on any atom is -0.756 e. The fourth-order valence-electron chi connectivity index (χ4n) is 11.7. The molecule has 0 saturated heterocycles. The van der Waals surface area contributed by atoms with E-state index in [4.69, 9.17) is 9.05 Å². The topological polar surface area (TPSA) is 108 Å². The SMILES string of the molecule is CCCCCCCCCCCCCCCCCC/C=C/CC/C=C/CC/C=C/C(O)C(COP(=O)([O-])OCC[N+](C)(C)C)NC(=O)CCCCCCCCCCCCCCCCCCCCCCCCCCCCCCCCCCCCCCC. The molecule has 9 heteroatoms. The summed E-state index contributed by atoms with van der Waals surface area (Å²) in [6.45, 7) is 4.69. The number of aliphatic hydroxyl groups is 1. The van der Waals surface area contributed by atoms with E-state index in [2.05, 4.69) is 43.5 Å². The molecule has 0 aromatic carbocycles. The number of quaternary nitrogens is 1. The lowest BCUT2D eigenvalue weighted by Gasteiger charge is -2.29. The Morgan fingerprint density at radius 3 is 0.953 bits per heavy atom. The van der Waals surface area contributed by atoms with Gasteiger partial charge >= 0.3 is 0 Å². The molecule has 0 radical (unpaired) electrons. The van der Waals surface area contributed by atoms with Crippen LogP contribution in [0.5, 0.6) is 0 Å². The van der Waals surface area contributed by atoms with Crippen molar-refractivity contribution in [2.75, 3.05) is 40.9 Å². The Labute approximate surface area is 531 Å². The van der Waals surface area contributed by atoms with E-state index < -0.39 is 26.6 Å². The van der Waals surface area contributed by atoms with Crippen molar-refractivity contribution in [2.24, 2.45) is 0 Å². The van der Waals surface area contributed by atoms with Gasteiger partial charge in [0.2, 0.25) is 5.91 Å². The van der Waals surface area contributed by atoms with E-state index in [1.807, 2.05) is 27.2 Å². The average molecular weight is 1220 g/mol. The predicted octanol–water partition coefficient (Wildman–Crippen LogP) is 23.8. The van der Waals surface area contributed by atoms with Gasteiger partial charge in [-0.25, -0.2) is 0 Å². The highest BCUT2D eigenvalue weighted by molar-refractivity contribution is 7.45. The number of hydrogen-bond donors (Lipinski definition) is 2. The number of carbonyl (C=O) groups excluding carboxylic acids is 1. The van der Waals surface area contributed by atoms with Gasteiger partial charge in [0.25, 0.3) is 7.82 Å². The van der Waals surface area contributed by atoms with Crippen LogP contribution in [0.4, 0.5) is 0 Å². The highest BCUT2D eigenvalue weighted by Crippen LogP contribution is 2.38. The molecule has 3 unspecified atom stereocenters. The van der Waals surface area contributed by atoms with E-state index in [-0.39, 0.29) is 12.5 Å². The summed E-state index contributed by atoms with van der Waals surface area (Å²) in [5.74, 6) is -0.203. The first-order chi connectivity index (χ1) is 41.5. The molecule has 0 bridgehead atoms. The van der Waals surface area contributed by atoms with Gasteiger partial charge in [-0.15, -0.1) is 0 Å². The van der Waals surface area contributed by atoms with Crippen molar-refractivity contribution in [3.63, 3.8) is 0 Å². The first-order valence-corrected chi connectivity index (χ1v) is 39.3. The van der Waals surface area contributed by atoms with E-state index in [9.17, 15) is 19.4 Å². The Kier molecular flexibility index (Phi) is 66.1. The van der Waals surface area contributed by atoms with Gasteiger partial charge in [0.05, 0.1) is 39.9 Å². The molecule has 0 aliphatic rings.